The third kappa shape index (κ3) is 3.02. The molecule has 1 N–H and O–H groups in total. The zero-order valence-electron chi connectivity index (χ0n) is 15.9. The Bertz CT molecular complexity index is 1380. The molecule has 5 nitrogen and oxygen atoms in total. The van der Waals surface area contributed by atoms with Gasteiger partial charge in [0.1, 0.15) is 0 Å². The van der Waals surface area contributed by atoms with Gasteiger partial charge in [-0.3, -0.25) is 9.10 Å². The van der Waals surface area contributed by atoms with Crippen LogP contribution in [0, 0.1) is 0 Å². The van der Waals surface area contributed by atoms with Gasteiger partial charge in [0.05, 0.1) is 17.1 Å². The molecule has 0 fully saturated rings. The van der Waals surface area contributed by atoms with Gasteiger partial charge in [-0.25, -0.2) is 8.42 Å². The number of nitrogens with one attached hydrogen (secondary N) is 1. The molecule has 0 saturated carbocycles. The molecule has 1 aliphatic heterocycles. The maximum absolute atomic E-state index is 13.2. The number of para-hydroxylation sites is 1. The highest BCUT2D eigenvalue weighted by molar-refractivity contribution is 7.93. The number of hydrogen-bond acceptors (Lipinski definition) is 3. The molecule has 1 heterocycles. The maximum atomic E-state index is 13.2. The fraction of sp³-hybridized carbons (Fsp3) is 0.0417. The summed E-state index contributed by atoms with van der Waals surface area (Å²) >= 11 is 0. The normalized spacial score (nSPS) is 14.1. The first-order chi connectivity index (χ1) is 14.5. The second-order valence-electron chi connectivity index (χ2n) is 7.16. The fourth-order valence-corrected chi connectivity index (χ4v) is 5.53. The van der Waals surface area contributed by atoms with Crippen molar-refractivity contribution in [2.75, 3.05) is 9.62 Å². The number of sulfonamides is 1. The first-order valence-electron chi connectivity index (χ1n) is 9.54. The lowest BCUT2D eigenvalue weighted by Crippen LogP contribution is -2.26. The zero-order chi connectivity index (χ0) is 20.7. The first-order valence-corrected chi connectivity index (χ1v) is 11.0. The molecule has 0 saturated heterocycles. The van der Waals surface area contributed by atoms with Gasteiger partial charge in [0.15, 0.2) is 0 Å². The minimum absolute atomic E-state index is 0.155. The van der Waals surface area contributed by atoms with E-state index in [0.29, 0.717) is 21.8 Å². The van der Waals surface area contributed by atoms with Crippen LogP contribution in [0.4, 0.5) is 11.4 Å². The molecule has 1 aliphatic rings. The number of rotatable bonds is 4. The summed E-state index contributed by atoms with van der Waals surface area (Å²) in [5.41, 5.74) is 2.59. The van der Waals surface area contributed by atoms with Crippen molar-refractivity contribution in [2.24, 2.45) is 0 Å². The molecular weight excluding hydrogens is 396 g/mol. The number of carbonyl (C=O) groups is 1. The summed E-state index contributed by atoms with van der Waals surface area (Å²) in [6.45, 7) is 0.155. The van der Waals surface area contributed by atoms with E-state index in [4.69, 9.17) is 0 Å². The SMILES string of the molecule is O=C(Nc1ccccc1)c1cccc(CN2c3cccc4cccc(c34)S2(=O)=O)c1. The molecule has 0 spiro atoms. The van der Waals surface area contributed by atoms with Crippen molar-refractivity contribution in [3.05, 3.63) is 102 Å². The summed E-state index contributed by atoms with van der Waals surface area (Å²) in [7, 11) is -3.65. The van der Waals surface area contributed by atoms with Crippen LogP contribution in [0.1, 0.15) is 15.9 Å². The van der Waals surface area contributed by atoms with E-state index in [9.17, 15) is 13.2 Å². The molecule has 0 aliphatic carbocycles. The monoisotopic (exact) mass is 414 g/mol. The molecule has 30 heavy (non-hydrogen) atoms. The summed E-state index contributed by atoms with van der Waals surface area (Å²) in [4.78, 5) is 12.9. The van der Waals surface area contributed by atoms with E-state index in [1.165, 1.54) is 4.31 Å². The number of amides is 1. The number of anilines is 2. The molecule has 0 aromatic heterocycles. The largest absolute Gasteiger partial charge is 0.322 e. The predicted octanol–water partition coefficient (Wildman–Crippen LogP) is 4.80. The molecule has 4 aromatic rings. The molecule has 0 radical (unpaired) electrons. The van der Waals surface area contributed by atoms with E-state index in [2.05, 4.69) is 5.32 Å². The van der Waals surface area contributed by atoms with E-state index in [-0.39, 0.29) is 12.5 Å². The summed E-state index contributed by atoms with van der Waals surface area (Å²) in [5.74, 6) is -0.238. The Morgan fingerprint density at radius 3 is 2.37 bits per heavy atom. The van der Waals surface area contributed by atoms with Crippen LogP contribution >= 0.6 is 0 Å². The minimum Gasteiger partial charge on any atom is -0.322 e. The number of benzene rings is 4. The number of nitrogens with zero attached hydrogens (tertiary/aromatic N) is 1. The lowest BCUT2D eigenvalue weighted by molar-refractivity contribution is 0.102. The van der Waals surface area contributed by atoms with Crippen molar-refractivity contribution in [1.29, 1.82) is 0 Å². The van der Waals surface area contributed by atoms with Crippen molar-refractivity contribution in [3.8, 4) is 0 Å². The minimum atomic E-state index is -3.65. The van der Waals surface area contributed by atoms with E-state index in [1.54, 1.807) is 30.3 Å². The van der Waals surface area contributed by atoms with Gasteiger partial charge in [-0.2, -0.15) is 0 Å². The smallest absolute Gasteiger partial charge is 0.265 e. The molecule has 0 unspecified atom stereocenters. The predicted molar refractivity (Wildman–Crippen MR) is 118 cm³/mol. The highest BCUT2D eigenvalue weighted by Gasteiger charge is 2.35. The van der Waals surface area contributed by atoms with Crippen molar-refractivity contribution in [3.63, 3.8) is 0 Å². The van der Waals surface area contributed by atoms with Crippen molar-refractivity contribution in [2.45, 2.75) is 11.4 Å². The fourth-order valence-electron chi connectivity index (χ4n) is 3.83. The maximum Gasteiger partial charge on any atom is 0.265 e. The van der Waals surface area contributed by atoms with Gasteiger partial charge in [0.2, 0.25) is 0 Å². The van der Waals surface area contributed by atoms with Crippen LogP contribution in [-0.4, -0.2) is 14.3 Å². The highest BCUT2D eigenvalue weighted by Crippen LogP contribution is 2.42. The van der Waals surface area contributed by atoms with Crippen LogP contribution in [-0.2, 0) is 16.6 Å². The van der Waals surface area contributed by atoms with E-state index < -0.39 is 10.0 Å². The molecule has 4 aromatic carbocycles. The number of carbonyl (C=O) groups excluding carboxylic acids is 1. The van der Waals surface area contributed by atoms with E-state index >= 15 is 0 Å². The Morgan fingerprint density at radius 1 is 0.833 bits per heavy atom. The molecule has 1 amide bonds. The first kappa shape index (κ1) is 18.4. The van der Waals surface area contributed by atoms with Gasteiger partial charge < -0.3 is 5.32 Å². The van der Waals surface area contributed by atoms with Crippen LogP contribution in [0.2, 0.25) is 0 Å². The van der Waals surface area contributed by atoms with Crippen LogP contribution in [0.25, 0.3) is 10.8 Å². The summed E-state index contributed by atoms with van der Waals surface area (Å²) in [5, 5.41) is 4.50. The topological polar surface area (TPSA) is 66.5 Å². The molecule has 0 atom stereocenters. The Hall–Kier alpha value is -3.64. The molecule has 148 valence electrons. The summed E-state index contributed by atoms with van der Waals surface area (Å²) < 4.78 is 27.8. The summed E-state index contributed by atoms with van der Waals surface area (Å²) in [6, 6.07) is 27.2. The summed E-state index contributed by atoms with van der Waals surface area (Å²) in [6.07, 6.45) is 0. The molecule has 5 rings (SSSR count). The molecular formula is C24H18N2O3S. The van der Waals surface area contributed by atoms with Gasteiger partial charge in [-0.15, -0.1) is 0 Å². The number of hydrogen-bond donors (Lipinski definition) is 1. The van der Waals surface area contributed by atoms with Gasteiger partial charge in [0.25, 0.3) is 15.9 Å². The second-order valence-corrected chi connectivity index (χ2v) is 8.99. The zero-order valence-corrected chi connectivity index (χ0v) is 16.8. The standard InChI is InChI=1S/C24H18N2O3S/c27-24(25-20-11-2-1-3-12-20)19-10-4-7-17(15-19)16-26-21-13-5-8-18-9-6-14-22(23(18)21)30(26,28)29/h1-15H,16H2,(H,25,27). The Balaban J connectivity index is 1.47. The Kier molecular flexibility index (Phi) is 4.29. The quantitative estimate of drug-likeness (QED) is 0.522. The molecule has 0 bridgehead atoms. The third-order valence-corrected chi connectivity index (χ3v) is 7.03. The lowest BCUT2D eigenvalue weighted by atomic mass is 10.1. The van der Waals surface area contributed by atoms with Crippen molar-refractivity contribution < 1.29 is 13.2 Å². The second kappa shape index (κ2) is 7.00. The average Bonchev–Trinajstić information content (AvgIpc) is 2.98. The Labute approximate surface area is 174 Å². The lowest BCUT2D eigenvalue weighted by Gasteiger charge is -2.19. The van der Waals surface area contributed by atoms with Crippen molar-refractivity contribution in [1.82, 2.24) is 0 Å². The van der Waals surface area contributed by atoms with Gasteiger partial charge in [0, 0.05) is 16.6 Å². The van der Waals surface area contributed by atoms with E-state index in [0.717, 1.165) is 16.3 Å². The van der Waals surface area contributed by atoms with Gasteiger partial charge >= 0.3 is 0 Å². The van der Waals surface area contributed by atoms with Crippen LogP contribution < -0.4 is 9.62 Å². The van der Waals surface area contributed by atoms with Crippen LogP contribution in [0.3, 0.4) is 0 Å². The van der Waals surface area contributed by atoms with Gasteiger partial charge in [-0.05, 0) is 47.3 Å². The average molecular weight is 414 g/mol. The van der Waals surface area contributed by atoms with E-state index in [1.807, 2.05) is 60.7 Å². The van der Waals surface area contributed by atoms with Crippen LogP contribution in [0.15, 0.2) is 95.9 Å². The van der Waals surface area contributed by atoms with Crippen molar-refractivity contribution >= 4 is 38.1 Å². The van der Waals surface area contributed by atoms with Gasteiger partial charge in [-0.1, -0.05) is 54.6 Å². The third-order valence-electron chi connectivity index (χ3n) is 5.23. The molecule has 6 heteroatoms. The highest BCUT2D eigenvalue weighted by atomic mass is 32.2. The van der Waals surface area contributed by atoms with Crippen LogP contribution in [0.5, 0.6) is 0 Å². The Morgan fingerprint density at radius 2 is 1.57 bits per heavy atom.